The lowest BCUT2D eigenvalue weighted by molar-refractivity contribution is -0.130. The average molecular weight is 342 g/mol. The third kappa shape index (κ3) is 3.77. The highest BCUT2D eigenvalue weighted by Gasteiger charge is 2.15. The predicted octanol–water partition coefficient (Wildman–Crippen LogP) is 3.85. The molecule has 3 rings (SSSR count). The summed E-state index contributed by atoms with van der Waals surface area (Å²) in [6.07, 6.45) is 6.67. The van der Waals surface area contributed by atoms with E-state index in [2.05, 4.69) is 9.97 Å². The third-order valence-electron chi connectivity index (χ3n) is 4.23. The van der Waals surface area contributed by atoms with Crippen molar-refractivity contribution in [1.82, 2.24) is 14.9 Å². The van der Waals surface area contributed by atoms with Crippen LogP contribution in [0.5, 0.6) is 0 Å². The minimum Gasteiger partial charge on any atom is -0.361 e. The zero-order chi connectivity index (χ0) is 16.9. The SMILES string of the molecule is CCN(CCc1ccncc1)C(=O)Cc1c[nH]c2ccc(Cl)cc12. The molecule has 1 amide bonds. The van der Waals surface area contributed by atoms with Crippen molar-refractivity contribution < 1.29 is 4.79 Å². The van der Waals surface area contributed by atoms with Crippen LogP contribution in [0, 0.1) is 0 Å². The van der Waals surface area contributed by atoms with Crippen molar-refractivity contribution >= 4 is 28.4 Å². The molecule has 0 aliphatic rings. The maximum atomic E-state index is 12.7. The van der Waals surface area contributed by atoms with E-state index < -0.39 is 0 Å². The first-order valence-electron chi connectivity index (χ1n) is 8.09. The fourth-order valence-corrected chi connectivity index (χ4v) is 3.02. The van der Waals surface area contributed by atoms with Crippen LogP contribution in [0.25, 0.3) is 10.9 Å². The van der Waals surface area contributed by atoms with Crippen molar-refractivity contribution in [3.8, 4) is 0 Å². The number of halogens is 1. The molecule has 3 aromatic rings. The highest BCUT2D eigenvalue weighted by atomic mass is 35.5. The van der Waals surface area contributed by atoms with E-state index >= 15 is 0 Å². The Morgan fingerprint density at radius 2 is 2.04 bits per heavy atom. The summed E-state index contributed by atoms with van der Waals surface area (Å²) in [6.45, 7) is 3.42. The Morgan fingerprint density at radius 3 is 2.79 bits per heavy atom. The number of carbonyl (C=O) groups excluding carboxylic acids is 1. The van der Waals surface area contributed by atoms with Gasteiger partial charge in [-0.1, -0.05) is 11.6 Å². The number of nitrogens with one attached hydrogen (secondary N) is 1. The van der Waals surface area contributed by atoms with Crippen LogP contribution in [0.15, 0.2) is 48.9 Å². The molecular weight excluding hydrogens is 322 g/mol. The normalized spacial score (nSPS) is 10.9. The monoisotopic (exact) mass is 341 g/mol. The molecule has 124 valence electrons. The topological polar surface area (TPSA) is 49.0 Å². The van der Waals surface area contributed by atoms with Crippen molar-refractivity contribution in [2.24, 2.45) is 0 Å². The van der Waals surface area contributed by atoms with Gasteiger partial charge in [0.05, 0.1) is 6.42 Å². The van der Waals surface area contributed by atoms with E-state index in [1.54, 1.807) is 12.4 Å². The number of H-pyrrole nitrogens is 1. The summed E-state index contributed by atoms with van der Waals surface area (Å²) in [4.78, 5) is 21.8. The standard InChI is InChI=1S/C19H20ClN3O/c1-2-23(10-7-14-5-8-21-9-6-14)19(24)11-15-13-22-18-4-3-16(20)12-17(15)18/h3-6,8-9,12-13,22H,2,7,10-11H2,1H3. The number of hydrogen-bond acceptors (Lipinski definition) is 2. The molecule has 2 heterocycles. The van der Waals surface area contributed by atoms with Crippen molar-refractivity contribution in [1.29, 1.82) is 0 Å². The highest BCUT2D eigenvalue weighted by molar-refractivity contribution is 6.31. The van der Waals surface area contributed by atoms with E-state index in [9.17, 15) is 4.79 Å². The van der Waals surface area contributed by atoms with Gasteiger partial charge in [0.25, 0.3) is 0 Å². The Morgan fingerprint density at radius 1 is 1.25 bits per heavy atom. The van der Waals surface area contributed by atoms with Gasteiger partial charge >= 0.3 is 0 Å². The van der Waals surface area contributed by atoms with Crippen LogP contribution >= 0.6 is 11.6 Å². The second kappa shape index (κ2) is 7.49. The van der Waals surface area contributed by atoms with Crippen LogP contribution in [0.1, 0.15) is 18.1 Å². The molecule has 0 aliphatic carbocycles. The van der Waals surface area contributed by atoms with E-state index in [1.165, 1.54) is 5.56 Å². The lowest BCUT2D eigenvalue weighted by atomic mass is 10.1. The largest absolute Gasteiger partial charge is 0.361 e. The van der Waals surface area contributed by atoms with Crippen LogP contribution in [-0.4, -0.2) is 33.9 Å². The van der Waals surface area contributed by atoms with Gasteiger partial charge in [0, 0.05) is 47.6 Å². The first-order chi connectivity index (χ1) is 11.7. The minimum atomic E-state index is 0.132. The molecule has 0 fully saturated rings. The van der Waals surface area contributed by atoms with Gasteiger partial charge in [-0.25, -0.2) is 0 Å². The molecule has 4 nitrogen and oxygen atoms in total. The molecule has 5 heteroatoms. The van der Waals surface area contributed by atoms with E-state index in [1.807, 2.05) is 48.4 Å². The van der Waals surface area contributed by atoms with Crippen molar-refractivity contribution in [3.63, 3.8) is 0 Å². The Kier molecular flexibility index (Phi) is 5.16. The molecule has 24 heavy (non-hydrogen) atoms. The van der Waals surface area contributed by atoms with E-state index in [0.717, 1.165) is 22.9 Å². The molecule has 0 bridgehead atoms. The zero-order valence-corrected chi connectivity index (χ0v) is 14.4. The fourth-order valence-electron chi connectivity index (χ4n) is 2.84. The molecule has 0 saturated heterocycles. The van der Waals surface area contributed by atoms with Crippen LogP contribution in [0.4, 0.5) is 0 Å². The number of hydrogen-bond donors (Lipinski definition) is 1. The zero-order valence-electron chi connectivity index (χ0n) is 13.6. The number of benzene rings is 1. The van der Waals surface area contributed by atoms with Crippen LogP contribution in [0.3, 0.4) is 0 Å². The van der Waals surface area contributed by atoms with Crippen molar-refractivity contribution in [2.75, 3.05) is 13.1 Å². The van der Waals surface area contributed by atoms with Gasteiger partial charge in [0.2, 0.25) is 5.91 Å². The van der Waals surface area contributed by atoms with Gasteiger partial charge in [-0.2, -0.15) is 0 Å². The second-order valence-corrected chi connectivity index (χ2v) is 6.20. The lowest BCUT2D eigenvalue weighted by Gasteiger charge is -2.21. The van der Waals surface area contributed by atoms with E-state index in [-0.39, 0.29) is 5.91 Å². The van der Waals surface area contributed by atoms with Gasteiger partial charge < -0.3 is 9.88 Å². The number of likely N-dealkylation sites (N-methyl/N-ethyl adjacent to an activating group) is 1. The van der Waals surface area contributed by atoms with Crippen molar-refractivity contribution in [3.05, 3.63) is 65.1 Å². The summed E-state index contributed by atoms with van der Waals surface area (Å²) in [5.41, 5.74) is 3.18. The second-order valence-electron chi connectivity index (χ2n) is 5.76. The van der Waals surface area contributed by atoms with Gasteiger partial charge in [-0.15, -0.1) is 0 Å². The highest BCUT2D eigenvalue weighted by Crippen LogP contribution is 2.23. The number of nitrogens with zero attached hydrogens (tertiary/aromatic N) is 2. The van der Waals surface area contributed by atoms with Gasteiger partial charge in [-0.3, -0.25) is 9.78 Å². The summed E-state index contributed by atoms with van der Waals surface area (Å²) >= 11 is 6.08. The number of rotatable bonds is 6. The third-order valence-corrected chi connectivity index (χ3v) is 4.46. The molecule has 0 unspecified atom stereocenters. The van der Waals surface area contributed by atoms with E-state index in [0.29, 0.717) is 24.5 Å². The number of fused-ring (bicyclic) bond motifs is 1. The smallest absolute Gasteiger partial charge is 0.227 e. The summed E-state index contributed by atoms with van der Waals surface area (Å²) in [5.74, 6) is 0.132. The molecular formula is C19H20ClN3O. The molecule has 0 radical (unpaired) electrons. The van der Waals surface area contributed by atoms with E-state index in [4.69, 9.17) is 11.6 Å². The maximum absolute atomic E-state index is 12.7. The molecule has 2 aromatic heterocycles. The predicted molar refractivity (Wildman–Crippen MR) is 97.2 cm³/mol. The number of pyridine rings is 1. The number of aromatic nitrogens is 2. The number of amides is 1. The Labute approximate surface area is 146 Å². The lowest BCUT2D eigenvalue weighted by Crippen LogP contribution is -2.33. The quantitative estimate of drug-likeness (QED) is 0.740. The fraction of sp³-hybridized carbons (Fsp3) is 0.263. The van der Waals surface area contributed by atoms with Crippen LogP contribution in [0.2, 0.25) is 5.02 Å². The molecule has 1 N–H and O–H groups in total. The average Bonchev–Trinajstić information content (AvgIpc) is 2.98. The Hall–Kier alpha value is -2.33. The molecule has 0 atom stereocenters. The maximum Gasteiger partial charge on any atom is 0.227 e. The summed E-state index contributed by atoms with van der Waals surface area (Å²) in [6, 6.07) is 9.66. The first-order valence-corrected chi connectivity index (χ1v) is 8.47. The number of aromatic amines is 1. The minimum absolute atomic E-state index is 0.132. The first kappa shape index (κ1) is 16.5. The number of carbonyl (C=O) groups is 1. The summed E-state index contributed by atoms with van der Waals surface area (Å²) in [5, 5.41) is 1.70. The Bertz CT molecular complexity index is 829. The van der Waals surface area contributed by atoms with Crippen LogP contribution < -0.4 is 0 Å². The van der Waals surface area contributed by atoms with Gasteiger partial charge in [0.1, 0.15) is 0 Å². The summed E-state index contributed by atoms with van der Waals surface area (Å²) in [7, 11) is 0. The van der Waals surface area contributed by atoms with Gasteiger partial charge in [0.15, 0.2) is 0 Å². The molecule has 1 aromatic carbocycles. The molecule has 0 spiro atoms. The van der Waals surface area contributed by atoms with Crippen molar-refractivity contribution in [2.45, 2.75) is 19.8 Å². The molecule has 0 aliphatic heterocycles. The van der Waals surface area contributed by atoms with Crippen LogP contribution in [-0.2, 0) is 17.6 Å². The molecule has 0 saturated carbocycles. The van der Waals surface area contributed by atoms with Gasteiger partial charge in [-0.05, 0) is 54.8 Å². The summed E-state index contributed by atoms with van der Waals surface area (Å²) < 4.78 is 0. The Balaban J connectivity index is 1.68.